The van der Waals surface area contributed by atoms with Crippen molar-refractivity contribution in [3.63, 3.8) is 0 Å². The second-order valence-corrected chi connectivity index (χ2v) is 6.55. The van der Waals surface area contributed by atoms with Crippen LogP contribution in [0, 0.1) is 11.6 Å². The molecular formula is C20H19F2N3O3. The van der Waals surface area contributed by atoms with E-state index in [-0.39, 0.29) is 5.56 Å². The quantitative estimate of drug-likeness (QED) is 0.802. The van der Waals surface area contributed by atoms with Crippen molar-refractivity contribution in [2.45, 2.75) is 19.4 Å². The van der Waals surface area contributed by atoms with Crippen LogP contribution in [-0.2, 0) is 15.1 Å². The first-order valence-corrected chi connectivity index (χ1v) is 8.73. The van der Waals surface area contributed by atoms with Crippen molar-refractivity contribution < 1.29 is 23.2 Å². The Bertz CT molecular complexity index is 936. The van der Waals surface area contributed by atoms with E-state index >= 15 is 0 Å². The highest BCUT2D eigenvalue weighted by molar-refractivity contribution is 6.10. The number of amides is 4. The Labute approximate surface area is 160 Å². The molecule has 2 aromatic rings. The number of halogens is 2. The molecule has 1 saturated heterocycles. The highest BCUT2D eigenvalue weighted by Crippen LogP contribution is 2.30. The number of carbonyl (C=O) groups excluding carboxylic acids is 3. The fourth-order valence-corrected chi connectivity index (χ4v) is 3.17. The molecule has 1 atom stereocenters. The summed E-state index contributed by atoms with van der Waals surface area (Å²) in [4.78, 5) is 40.2. The van der Waals surface area contributed by atoms with Crippen LogP contribution in [0.1, 0.15) is 19.4 Å². The highest BCUT2D eigenvalue weighted by Gasteiger charge is 2.50. The van der Waals surface area contributed by atoms with Gasteiger partial charge >= 0.3 is 6.03 Å². The first-order valence-electron chi connectivity index (χ1n) is 8.73. The molecule has 0 bridgehead atoms. The van der Waals surface area contributed by atoms with Crippen LogP contribution in [-0.4, -0.2) is 35.8 Å². The molecule has 28 heavy (non-hydrogen) atoms. The van der Waals surface area contributed by atoms with E-state index in [1.165, 1.54) is 17.9 Å². The lowest BCUT2D eigenvalue weighted by Gasteiger charge is -2.24. The minimum Gasteiger partial charge on any atom is -0.319 e. The Morgan fingerprint density at radius 3 is 2.39 bits per heavy atom. The van der Waals surface area contributed by atoms with E-state index in [0.717, 1.165) is 17.0 Å². The Balaban J connectivity index is 1.83. The molecule has 0 saturated carbocycles. The normalized spacial score (nSPS) is 18.9. The van der Waals surface area contributed by atoms with Gasteiger partial charge in [-0.1, -0.05) is 24.3 Å². The van der Waals surface area contributed by atoms with E-state index < -0.39 is 41.6 Å². The Kier molecular flexibility index (Phi) is 5.13. The number of para-hydroxylation sites is 1. The fourth-order valence-electron chi connectivity index (χ4n) is 3.17. The Morgan fingerprint density at radius 1 is 1.11 bits per heavy atom. The van der Waals surface area contributed by atoms with Gasteiger partial charge in [-0.05, 0) is 43.7 Å². The van der Waals surface area contributed by atoms with Gasteiger partial charge in [0.2, 0.25) is 5.91 Å². The number of benzene rings is 2. The number of likely N-dealkylation sites (N-methyl/N-ethyl adjacent to an activating group) is 1. The Hall–Kier alpha value is -3.29. The molecule has 1 aliphatic rings. The van der Waals surface area contributed by atoms with Crippen molar-refractivity contribution in [3.8, 4) is 0 Å². The minimum absolute atomic E-state index is 0.0927. The minimum atomic E-state index is -1.59. The molecule has 0 radical (unpaired) electrons. The third-order valence-corrected chi connectivity index (χ3v) is 4.75. The van der Waals surface area contributed by atoms with Crippen LogP contribution in [0.2, 0.25) is 0 Å². The third-order valence-electron chi connectivity index (χ3n) is 4.75. The van der Waals surface area contributed by atoms with Crippen LogP contribution in [0.4, 0.5) is 19.3 Å². The molecule has 3 rings (SSSR count). The van der Waals surface area contributed by atoms with Crippen molar-refractivity contribution in [3.05, 3.63) is 65.7 Å². The van der Waals surface area contributed by atoms with E-state index in [2.05, 4.69) is 5.32 Å². The second kappa shape index (κ2) is 7.38. The lowest BCUT2D eigenvalue weighted by atomic mass is 9.92. The van der Waals surface area contributed by atoms with Gasteiger partial charge in [0.15, 0.2) is 11.6 Å². The highest BCUT2D eigenvalue weighted by atomic mass is 19.2. The van der Waals surface area contributed by atoms with Gasteiger partial charge in [-0.3, -0.25) is 14.5 Å². The maximum atomic E-state index is 13.6. The number of nitrogens with one attached hydrogen (secondary N) is 1. The number of carbonyl (C=O) groups is 3. The molecule has 1 unspecified atom stereocenters. The molecule has 1 aliphatic heterocycles. The molecule has 0 aromatic heterocycles. The van der Waals surface area contributed by atoms with Crippen LogP contribution in [0.15, 0.2) is 48.5 Å². The molecule has 1 heterocycles. The fraction of sp³-hybridized carbons (Fsp3) is 0.250. The predicted octanol–water partition coefficient (Wildman–Crippen LogP) is 2.78. The molecule has 4 amide bonds. The van der Waals surface area contributed by atoms with E-state index in [0.29, 0.717) is 12.2 Å². The average Bonchev–Trinajstić information content (AvgIpc) is 2.89. The zero-order valence-corrected chi connectivity index (χ0v) is 15.4. The predicted molar refractivity (Wildman–Crippen MR) is 98.4 cm³/mol. The summed E-state index contributed by atoms with van der Waals surface area (Å²) in [6.07, 6.45) is 0. The molecular weight excluding hydrogens is 368 g/mol. The van der Waals surface area contributed by atoms with Crippen molar-refractivity contribution in [1.29, 1.82) is 0 Å². The number of rotatable bonds is 5. The number of urea groups is 1. The van der Waals surface area contributed by atoms with Gasteiger partial charge < -0.3 is 10.2 Å². The van der Waals surface area contributed by atoms with Crippen LogP contribution in [0.25, 0.3) is 0 Å². The smallest absolute Gasteiger partial charge is 0.319 e. The first kappa shape index (κ1) is 19.5. The van der Waals surface area contributed by atoms with Gasteiger partial charge in [-0.15, -0.1) is 0 Å². The third kappa shape index (κ3) is 3.33. The second-order valence-electron chi connectivity index (χ2n) is 6.55. The maximum absolute atomic E-state index is 13.6. The number of imide groups is 1. The van der Waals surface area contributed by atoms with Crippen LogP contribution in [0.5, 0.6) is 0 Å². The summed E-state index contributed by atoms with van der Waals surface area (Å²) in [6, 6.07) is 11.1. The van der Waals surface area contributed by atoms with Crippen LogP contribution < -0.4 is 10.2 Å². The van der Waals surface area contributed by atoms with Gasteiger partial charge in [-0.2, -0.15) is 0 Å². The van der Waals surface area contributed by atoms with Gasteiger partial charge in [-0.25, -0.2) is 13.6 Å². The molecule has 146 valence electrons. The van der Waals surface area contributed by atoms with Crippen molar-refractivity contribution >= 4 is 23.5 Å². The molecule has 0 spiro atoms. The van der Waals surface area contributed by atoms with Gasteiger partial charge in [0.25, 0.3) is 5.91 Å². The summed E-state index contributed by atoms with van der Waals surface area (Å²) >= 11 is 0. The van der Waals surface area contributed by atoms with Crippen LogP contribution >= 0.6 is 0 Å². The lowest BCUT2D eigenvalue weighted by molar-refractivity contribution is -0.134. The monoisotopic (exact) mass is 387 g/mol. The molecule has 8 heteroatoms. The van der Waals surface area contributed by atoms with Gasteiger partial charge in [0.05, 0.1) is 0 Å². The topological polar surface area (TPSA) is 69.7 Å². The summed E-state index contributed by atoms with van der Waals surface area (Å²) < 4.78 is 26.8. The molecule has 1 N–H and O–H groups in total. The summed E-state index contributed by atoms with van der Waals surface area (Å²) in [5.74, 6) is -3.33. The maximum Gasteiger partial charge on any atom is 0.325 e. The summed E-state index contributed by atoms with van der Waals surface area (Å²) in [6.45, 7) is 3.06. The van der Waals surface area contributed by atoms with Gasteiger partial charge in [0, 0.05) is 12.2 Å². The average molecular weight is 387 g/mol. The van der Waals surface area contributed by atoms with E-state index in [9.17, 15) is 23.2 Å². The van der Waals surface area contributed by atoms with E-state index in [1.54, 1.807) is 31.2 Å². The number of anilines is 1. The van der Waals surface area contributed by atoms with E-state index in [1.807, 2.05) is 6.07 Å². The standard InChI is InChI=1S/C20H19F2N3O3/c1-3-24(14-7-5-4-6-8-14)17(26)12-25-18(27)20(2,23-19(25)28)13-9-10-15(21)16(22)11-13/h4-11H,3,12H2,1-2H3,(H,23,28). The van der Waals surface area contributed by atoms with Crippen LogP contribution in [0.3, 0.4) is 0 Å². The zero-order chi connectivity index (χ0) is 20.5. The molecule has 2 aromatic carbocycles. The SMILES string of the molecule is CCN(C(=O)CN1C(=O)NC(C)(c2ccc(F)c(F)c2)C1=O)c1ccccc1. The van der Waals surface area contributed by atoms with E-state index in [4.69, 9.17) is 0 Å². The van der Waals surface area contributed by atoms with Crippen molar-refractivity contribution in [2.24, 2.45) is 0 Å². The molecule has 0 aliphatic carbocycles. The van der Waals surface area contributed by atoms with Gasteiger partial charge in [0.1, 0.15) is 12.1 Å². The number of hydrogen-bond donors (Lipinski definition) is 1. The number of nitrogens with zero attached hydrogens (tertiary/aromatic N) is 2. The molecule has 1 fully saturated rings. The number of hydrogen-bond acceptors (Lipinski definition) is 3. The largest absolute Gasteiger partial charge is 0.325 e. The first-order chi connectivity index (χ1) is 13.3. The Morgan fingerprint density at radius 2 is 1.79 bits per heavy atom. The lowest BCUT2D eigenvalue weighted by Crippen LogP contribution is -2.44. The summed E-state index contributed by atoms with van der Waals surface area (Å²) in [5, 5.41) is 2.47. The summed E-state index contributed by atoms with van der Waals surface area (Å²) in [5.41, 5.74) is -0.851. The zero-order valence-electron chi connectivity index (χ0n) is 15.4. The summed E-state index contributed by atoms with van der Waals surface area (Å²) in [7, 11) is 0. The molecule has 6 nitrogen and oxygen atoms in total. The van der Waals surface area contributed by atoms with Crippen molar-refractivity contribution in [2.75, 3.05) is 18.0 Å². The van der Waals surface area contributed by atoms with Crippen molar-refractivity contribution in [1.82, 2.24) is 10.2 Å².